The predicted octanol–water partition coefficient (Wildman–Crippen LogP) is 16.9. The van der Waals surface area contributed by atoms with Crippen LogP contribution >= 0.6 is 22.7 Å². The summed E-state index contributed by atoms with van der Waals surface area (Å²) in [7, 11) is 0. The molecule has 0 atom stereocenters. The lowest BCUT2D eigenvalue weighted by molar-refractivity contribution is -0.254. The molecule has 2 aromatic heterocycles. The number of hydrogen-bond donors (Lipinski definition) is 0. The van der Waals surface area contributed by atoms with E-state index in [1.165, 1.54) is 86.9 Å². The molecule has 5 rings (SSSR count). The summed E-state index contributed by atoms with van der Waals surface area (Å²) in [5, 5.41) is 0.687. The number of hydrogen-bond acceptors (Lipinski definition) is 2. The lowest BCUT2D eigenvalue weighted by atomic mass is 9.90. The molecule has 0 nitrogen and oxygen atoms in total. The molecule has 1 aliphatic carbocycles. The Labute approximate surface area is 321 Å². The Bertz CT molecular complexity index is 1640. The second kappa shape index (κ2) is 19.5. The molecule has 1 aliphatic rings. The van der Waals surface area contributed by atoms with Crippen molar-refractivity contribution in [1.82, 2.24) is 0 Å². The maximum Gasteiger partial charge on any atom is 0.380 e. The number of aryl methyl sites for hydroxylation is 2. The number of fused-ring (bicyclic) bond motifs is 2. The maximum absolute atomic E-state index is 16.4. The molecule has 0 bridgehead atoms. The van der Waals surface area contributed by atoms with Gasteiger partial charge < -0.3 is 0 Å². The van der Waals surface area contributed by atoms with Gasteiger partial charge in [-0.05, 0) is 37.8 Å². The second-order valence-electron chi connectivity index (χ2n) is 15.1. The van der Waals surface area contributed by atoms with Crippen LogP contribution in [0.25, 0.3) is 31.3 Å². The zero-order chi connectivity index (χ0) is 37.9. The number of unbranched alkanes of at least 4 members (excludes halogenated alkanes) is 18. The summed E-state index contributed by atoms with van der Waals surface area (Å²) in [6.45, 7) is 4.40. The van der Waals surface area contributed by atoms with Gasteiger partial charge in [0.05, 0.1) is 0 Å². The van der Waals surface area contributed by atoms with E-state index in [9.17, 15) is 0 Å². The smallest absolute Gasteiger partial charge is 0.194 e. The Kier molecular flexibility index (Phi) is 15.4. The molecular formula is C45H58F6S2. The third-order valence-electron chi connectivity index (χ3n) is 11.0. The molecule has 292 valence electrons. The van der Waals surface area contributed by atoms with Crippen LogP contribution in [0.4, 0.5) is 26.3 Å². The Balaban J connectivity index is 1.46. The number of allylic oxidation sites excluding steroid dienone is 2. The largest absolute Gasteiger partial charge is 0.380 e. The zero-order valence-electron chi connectivity index (χ0n) is 31.8. The number of benzene rings is 2. The zero-order valence-corrected chi connectivity index (χ0v) is 33.4. The summed E-state index contributed by atoms with van der Waals surface area (Å²) >= 11 is 2.54. The first-order valence-electron chi connectivity index (χ1n) is 20.5. The van der Waals surface area contributed by atoms with Crippen LogP contribution in [-0.4, -0.2) is 17.8 Å². The average Bonchev–Trinajstić information content (AvgIpc) is 3.71. The van der Waals surface area contributed by atoms with Gasteiger partial charge in [0.2, 0.25) is 0 Å². The average molecular weight is 777 g/mol. The SMILES string of the molecule is CCCCCCCCCCCCc1sc2ccccc2c1C1=C(c2c(CCCCCCCCCCCC)sc3ccccc23)C(F)(F)C(F)(F)C1(F)F. The van der Waals surface area contributed by atoms with E-state index in [0.717, 1.165) is 51.4 Å². The van der Waals surface area contributed by atoms with Crippen molar-refractivity contribution in [2.45, 2.75) is 173 Å². The minimum atomic E-state index is -5.58. The van der Waals surface area contributed by atoms with E-state index in [-0.39, 0.29) is 11.1 Å². The van der Waals surface area contributed by atoms with Gasteiger partial charge >= 0.3 is 17.8 Å². The minimum Gasteiger partial charge on any atom is -0.194 e. The maximum atomic E-state index is 16.4. The van der Waals surface area contributed by atoms with E-state index in [2.05, 4.69) is 13.8 Å². The van der Waals surface area contributed by atoms with Gasteiger partial charge in [0, 0.05) is 52.2 Å². The van der Waals surface area contributed by atoms with Crippen molar-refractivity contribution in [2.75, 3.05) is 0 Å². The van der Waals surface area contributed by atoms with Crippen molar-refractivity contribution in [3.63, 3.8) is 0 Å². The normalized spacial score (nSPS) is 16.5. The highest BCUT2D eigenvalue weighted by Gasteiger charge is 2.80. The van der Waals surface area contributed by atoms with Crippen LogP contribution in [0.3, 0.4) is 0 Å². The van der Waals surface area contributed by atoms with Crippen molar-refractivity contribution in [1.29, 1.82) is 0 Å². The quantitative estimate of drug-likeness (QED) is 0.0491. The summed E-state index contributed by atoms with van der Waals surface area (Å²) in [6, 6.07) is 13.7. The molecule has 2 aromatic carbocycles. The second-order valence-corrected chi connectivity index (χ2v) is 17.4. The van der Waals surface area contributed by atoms with E-state index < -0.39 is 28.9 Å². The summed E-state index contributed by atoms with van der Waals surface area (Å²) < 4.78 is 98.4. The molecule has 2 heterocycles. The standard InChI is InChI=1S/C45H58F6S2/c1-3-5-7-9-11-13-15-17-19-21-31-37-39(33-27-23-25-29-35(33)52-37)41-42(44(48,49)45(50,51)43(41,46)47)40-34-28-24-26-30-36(34)53-38(40)32-22-20-18-16-14-12-10-8-6-4-2/h23-30H,3-22,31-32H2,1-2H3. The monoisotopic (exact) mass is 776 g/mol. The van der Waals surface area contributed by atoms with Gasteiger partial charge in [0.1, 0.15) is 0 Å². The molecule has 0 unspecified atom stereocenters. The van der Waals surface area contributed by atoms with Gasteiger partial charge in [0.25, 0.3) is 0 Å². The van der Waals surface area contributed by atoms with E-state index in [1.54, 1.807) is 48.5 Å². The highest BCUT2D eigenvalue weighted by Crippen LogP contribution is 2.67. The topological polar surface area (TPSA) is 0 Å². The molecular weight excluding hydrogens is 719 g/mol. The van der Waals surface area contributed by atoms with Crippen molar-refractivity contribution in [3.05, 3.63) is 69.4 Å². The van der Waals surface area contributed by atoms with E-state index in [0.29, 0.717) is 55.6 Å². The Morgan fingerprint density at radius 1 is 0.415 bits per heavy atom. The molecule has 0 N–H and O–H groups in total. The summed E-state index contributed by atoms with van der Waals surface area (Å²) in [6.07, 6.45) is 22.7. The number of thiophene rings is 2. The lowest BCUT2D eigenvalue weighted by Crippen LogP contribution is -2.49. The molecule has 0 saturated heterocycles. The number of alkyl halides is 6. The third-order valence-corrected chi connectivity index (χ3v) is 13.5. The van der Waals surface area contributed by atoms with Crippen molar-refractivity contribution in [3.8, 4) is 0 Å². The molecule has 0 amide bonds. The van der Waals surface area contributed by atoms with E-state index >= 15 is 26.3 Å². The molecule has 0 fully saturated rings. The van der Waals surface area contributed by atoms with Gasteiger partial charge in [-0.25, -0.2) is 0 Å². The minimum absolute atomic E-state index is 0.112. The van der Waals surface area contributed by atoms with Crippen molar-refractivity contribution >= 4 is 54.0 Å². The summed E-state index contributed by atoms with van der Waals surface area (Å²) in [5.74, 6) is -15.7. The predicted molar refractivity (Wildman–Crippen MR) is 216 cm³/mol. The van der Waals surface area contributed by atoms with Gasteiger partial charge in [-0.1, -0.05) is 166 Å². The summed E-state index contributed by atoms with van der Waals surface area (Å²) in [4.78, 5) is 0.976. The summed E-state index contributed by atoms with van der Waals surface area (Å²) in [5.41, 5.74) is -2.59. The van der Waals surface area contributed by atoms with Gasteiger partial charge in [0.15, 0.2) is 0 Å². The fourth-order valence-electron chi connectivity index (χ4n) is 8.03. The van der Waals surface area contributed by atoms with E-state index in [4.69, 9.17) is 0 Å². The van der Waals surface area contributed by atoms with Crippen LogP contribution in [0.5, 0.6) is 0 Å². The lowest BCUT2D eigenvalue weighted by Gasteiger charge is -2.26. The molecule has 53 heavy (non-hydrogen) atoms. The van der Waals surface area contributed by atoms with Gasteiger partial charge in [-0.3, -0.25) is 0 Å². The Morgan fingerprint density at radius 3 is 1.06 bits per heavy atom. The molecule has 0 spiro atoms. The fourth-order valence-corrected chi connectivity index (χ4v) is 10.5. The van der Waals surface area contributed by atoms with Crippen molar-refractivity contribution < 1.29 is 26.3 Å². The van der Waals surface area contributed by atoms with Crippen LogP contribution < -0.4 is 0 Å². The van der Waals surface area contributed by atoms with Crippen LogP contribution in [0.1, 0.15) is 163 Å². The van der Waals surface area contributed by atoms with Gasteiger partial charge in [-0.15, -0.1) is 22.7 Å². The number of halogens is 6. The number of rotatable bonds is 24. The van der Waals surface area contributed by atoms with E-state index in [1.807, 2.05) is 0 Å². The Hall–Kier alpha value is -2.32. The Morgan fingerprint density at radius 2 is 0.717 bits per heavy atom. The van der Waals surface area contributed by atoms with Crippen LogP contribution in [0.2, 0.25) is 0 Å². The highest BCUT2D eigenvalue weighted by atomic mass is 32.1. The molecule has 8 heteroatoms. The third kappa shape index (κ3) is 9.39. The van der Waals surface area contributed by atoms with Gasteiger partial charge in [-0.2, -0.15) is 26.3 Å². The molecule has 0 radical (unpaired) electrons. The molecule has 0 saturated carbocycles. The first-order chi connectivity index (χ1) is 25.6. The fraction of sp³-hybridized carbons (Fsp3) is 0.600. The molecule has 0 aliphatic heterocycles. The first-order valence-corrected chi connectivity index (χ1v) is 22.1. The first kappa shape index (κ1) is 41.8. The van der Waals surface area contributed by atoms with Crippen LogP contribution in [-0.2, 0) is 12.8 Å². The van der Waals surface area contributed by atoms with Crippen LogP contribution in [0, 0.1) is 0 Å². The van der Waals surface area contributed by atoms with Crippen LogP contribution in [0.15, 0.2) is 48.5 Å². The highest BCUT2D eigenvalue weighted by molar-refractivity contribution is 7.19. The van der Waals surface area contributed by atoms with Crippen molar-refractivity contribution in [2.24, 2.45) is 0 Å². The molecule has 4 aromatic rings.